The predicted molar refractivity (Wildman–Crippen MR) is 79.3 cm³/mol. The van der Waals surface area contributed by atoms with Crippen molar-refractivity contribution in [1.29, 1.82) is 0 Å². The molecule has 0 radical (unpaired) electrons. The summed E-state index contributed by atoms with van der Waals surface area (Å²) < 4.78 is 5.61. The van der Waals surface area contributed by atoms with Crippen molar-refractivity contribution in [1.82, 2.24) is 10.2 Å². The minimum atomic E-state index is 0.270. The van der Waals surface area contributed by atoms with Crippen LogP contribution >= 0.6 is 0 Å². The third-order valence-electron chi connectivity index (χ3n) is 4.27. The van der Waals surface area contributed by atoms with Gasteiger partial charge in [0.05, 0.1) is 6.04 Å². The number of piperidine rings is 1. The van der Waals surface area contributed by atoms with Crippen molar-refractivity contribution >= 4 is 0 Å². The number of nitrogens with one attached hydrogen (secondary N) is 1. The number of hydrogen-bond donors (Lipinski definition) is 2. The van der Waals surface area contributed by atoms with Gasteiger partial charge in [-0.1, -0.05) is 6.42 Å². The van der Waals surface area contributed by atoms with E-state index in [4.69, 9.17) is 4.74 Å². The largest absolute Gasteiger partial charge is 0.508 e. The number of rotatable bonds is 5. The van der Waals surface area contributed by atoms with Crippen molar-refractivity contribution in [3.63, 3.8) is 0 Å². The standard InChI is InChI=1S/C16H24N2O2/c19-13-5-6-14-15(12-20-16(14)11-13)17-7-4-10-18-8-2-1-3-9-18/h5-6,11,15,17,19H,1-4,7-10,12H2. The van der Waals surface area contributed by atoms with Crippen molar-refractivity contribution in [2.24, 2.45) is 0 Å². The lowest BCUT2D eigenvalue weighted by Crippen LogP contribution is -2.33. The van der Waals surface area contributed by atoms with Gasteiger partial charge < -0.3 is 20.1 Å². The van der Waals surface area contributed by atoms with Crippen molar-refractivity contribution in [3.05, 3.63) is 23.8 Å². The van der Waals surface area contributed by atoms with E-state index in [1.54, 1.807) is 12.1 Å². The molecule has 0 spiro atoms. The maximum absolute atomic E-state index is 9.44. The van der Waals surface area contributed by atoms with Crippen LogP contribution < -0.4 is 10.1 Å². The molecule has 1 fully saturated rings. The zero-order valence-electron chi connectivity index (χ0n) is 12.0. The molecule has 0 amide bonds. The van der Waals surface area contributed by atoms with E-state index in [1.165, 1.54) is 50.9 Å². The zero-order valence-corrected chi connectivity index (χ0v) is 12.0. The molecule has 0 bridgehead atoms. The lowest BCUT2D eigenvalue weighted by Gasteiger charge is -2.26. The van der Waals surface area contributed by atoms with Crippen LogP contribution in [0.15, 0.2) is 18.2 Å². The molecule has 4 heteroatoms. The molecule has 2 aliphatic rings. The molecule has 1 unspecified atom stereocenters. The molecule has 0 aromatic heterocycles. The van der Waals surface area contributed by atoms with E-state index in [9.17, 15) is 5.11 Å². The minimum Gasteiger partial charge on any atom is -0.508 e. The molecule has 1 aromatic rings. The molecule has 4 nitrogen and oxygen atoms in total. The summed E-state index contributed by atoms with van der Waals surface area (Å²) in [7, 11) is 0. The number of likely N-dealkylation sites (tertiary alicyclic amines) is 1. The summed E-state index contributed by atoms with van der Waals surface area (Å²) in [6.45, 7) is 5.43. The number of benzene rings is 1. The molecule has 1 aromatic carbocycles. The van der Waals surface area contributed by atoms with Crippen LogP contribution in [0.5, 0.6) is 11.5 Å². The normalized spacial score (nSPS) is 22.5. The number of nitrogens with zero attached hydrogens (tertiary/aromatic N) is 1. The average molecular weight is 276 g/mol. The van der Waals surface area contributed by atoms with E-state index >= 15 is 0 Å². The van der Waals surface area contributed by atoms with E-state index in [0.29, 0.717) is 6.61 Å². The summed E-state index contributed by atoms with van der Waals surface area (Å²) in [5.41, 5.74) is 1.17. The Labute approximate surface area is 120 Å². The molecule has 20 heavy (non-hydrogen) atoms. The molecule has 2 N–H and O–H groups in total. The molecule has 0 aliphatic carbocycles. The van der Waals surface area contributed by atoms with Gasteiger partial charge in [-0.05, 0) is 57.6 Å². The Kier molecular flexibility index (Phi) is 4.43. The van der Waals surface area contributed by atoms with Crippen LogP contribution in [0.4, 0.5) is 0 Å². The van der Waals surface area contributed by atoms with Crippen molar-refractivity contribution in [2.75, 3.05) is 32.8 Å². The number of hydrogen-bond acceptors (Lipinski definition) is 4. The number of aromatic hydroxyl groups is 1. The van der Waals surface area contributed by atoms with Gasteiger partial charge in [0, 0.05) is 11.6 Å². The summed E-state index contributed by atoms with van der Waals surface area (Å²) >= 11 is 0. The van der Waals surface area contributed by atoms with Crippen LogP contribution in [0.1, 0.15) is 37.3 Å². The Balaban J connectivity index is 1.41. The Bertz CT molecular complexity index is 444. The molecule has 1 atom stereocenters. The van der Waals surface area contributed by atoms with Gasteiger partial charge in [0.15, 0.2) is 0 Å². The topological polar surface area (TPSA) is 44.7 Å². The Morgan fingerprint density at radius 2 is 2.10 bits per heavy atom. The average Bonchev–Trinajstić information content (AvgIpc) is 2.87. The highest BCUT2D eigenvalue weighted by molar-refractivity contribution is 5.44. The van der Waals surface area contributed by atoms with E-state index in [0.717, 1.165) is 12.3 Å². The van der Waals surface area contributed by atoms with Gasteiger partial charge in [-0.2, -0.15) is 0 Å². The number of phenolic OH excluding ortho intramolecular Hbond substituents is 1. The molecular formula is C16H24N2O2. The van der Waals surface area contributed by atoms with Gasteiger partial charge in [-0.3, -0.25) is 0 Å². The molecule has 3 rings (SSSR count). The van der Waals surface area contributed by atoms with Crippen LogP contribution in [-0.2, 0) is 0 Å². The lowest BCUT2D eigenvalue weighted by molar-refractivity contribution is 0.223. The van der Waals surface area contributed by atoms with Crippen molar-refractivity contribution < 1.29 is 9.84 Å². The van der Waals surface area contributed by atoms with Gasteiger partial charge in [0.25, 0.3) is 0 Å². The van der Waals surface area contributed by atoms with Crippen LogP contribution in [0, 0.1) is 0 Å². The molecule has 110 valence electrons. The van der Waals surface area contributed by atoms with Gasteiger partial charge >= 0.3 is 0 Å². The van der Waals surface area contributed by atoms with Crippen molar-refractivity contribution in [2.45, 2.75) is 31.7 Å². The van der Waals surface area contributed by atoms with E-state index in [1.807, 2.05) is 6.07 Å². The predicted octanol–water partition coefficient (Wildman–Crippen LogP) is 2.29. The third-order valence-corrected chi connectivity index (χ3v) is 4.27. The number of ether oxygens (including phenoxy) is 1. The maximum Gasteiger partial charge on any atom is 0.127 e. The fraction of sp³-hybridized carbons (Fsp3) is 0.625. The molecule has 2 aliphatic heterocycles. The van der Waals surface area contributed by atoms with Crippen LogP contribution in [0.25, 0.3) is 0 Å². The Hall–Kier alpha value is -1.26. The lowest BCUT2D eigenvalue weighted by atomic mass is 10.1. The van der Waals surface area contributed by atoms with Gasteiger partial charge in [0.1, 0.15) is 18.1 Å². The highest BCUT2D eigenvalue weighted by atomic mass is 16.5. The second kappa shape index (κ2) is 6.46. The molecule has 1 saturated heterocycles. The first kappa shape index (κ1) is 13.7. The van der Waals surface area contributed by atoms with Crippen LogP contribution in [0.3, 0.4) is 0 Å². The quantitative estimate of drug-likeness (QED) is 0.810. The fourth-order valence-electron chi connectivity index (χ4n) is 3.13. The second-order valence-corrected chi connectivity index (χ2v) is 5.80. The van der Waals surface area contributed by atoms with Gasteiger partial charge in [-0.15, -0.1) is 0 Å². The highest BCUT2D eigenvalue weighted by Gasteiger charge is 2.23. The zero-order chi connectivity index (χ0) is 13.8. The van der Waals surface area contributed by atoms with E-state index < -0.39 is 0 Å². The molecule has 2 heterocycles. The SMILES string of the molecule is Oc1ccc2c(c1)OCC2NCCCN1CCCCC1. The number of fused-ring (bicyclic) bond motifs is 1. The monoisotopic (exact) mass is 276 g/mol. The third kappa shape index (κ3) is 3.25. The van der Waals surface area contributed by atoms with Crippen LogP contribution in [0.2, 0.25) is 0 Å². The second-order valence-electron chi connectivity index (χ2n) is 5.80. The van der Waals surface area contributed by atoms with Crippen LogP contribution in [-0.4, -0.2) is 42.8 Å². The number of phenols is 1. The fourth-order valence-corrected chi connectivity index (χ4v) is 3.13. The van der Waals surface area contributed by atoms with Gasteiger partial charge in [0.2, 0.25) is 0 Å². The van der Waals surface area contributed by atoms with Crippen molar-refractivity contribution in [3.8, 4) is 11.5 Å². The first-order valence-corrected chi connectivity index (χ1v) is 7.74. The summed E-state index contributed by atoms with van der Waals surface area (Å²) in [4.78, 5) is 2.57. The summed E-state index contributed by atoms with van der Waals surface area (Å²) in [5, 5.41) is 13.0. The van der Waals surface area contributed by atoms with E-state index in [-0.39, 0.29) is 11.8 Å². The first-order chi connectivity index (χ1) is 9.83. The van der Waals surface area contributed by atoms with Gasteiger partial charge in [-0.25, -0.2) is 0 Å². The summed E-state index contributed by atoms with van der Waals surface area (Å²) in [6, 6.07) is 5.66. The van der Waals surface area contributed by atoms with E-state index in [2.05, 4.69) is 10.2 Å². The Morgan fingerprint density at radius 3 is 2.95 bits per heavy atom. The summed E-state index contributed by atoms with van der Waals surface area (Å²) in [6.07, 6.45) is 5.31. The minimum absolute atomic E-state index is 0.270. The molecular weight excluding hydrogens is 252 g/mol. The first-order valence-electron chi connectivity index (χ1n) is 7.74. The molecule has 0 saturated carbocycles. The summed E-state index contributed by atoms with van der Waals surface area (Å²) in [5.74, 6) is 1.09. The Morgan fingerprint density at radius 1 is 1.25 bits per heavy atom. The smallest absolute Gasteiger partial charge is 0.127 e. The maximum atomic E-state index is 9.44. The highest BCUT2D eigenvalue weighted by Crippen LogP contribution is 2.34.